The molecule has 0 bridgehead atoms. The summed E-state index contributed by atoms with van der Waals surface area (Å²) in [5.74, 6) is 0. The minimum atomic E-state index is 0.512. The van der Waals surface area contributed by atoms with Gasteiger partial charge in [-0.25, -0.2) is 0 Å². The molecule has 0 amide bonds. The molecule has 108 valence electrons. The van der Waals surface area contributed by atoms with Crippen LogP contribution in [0.4, 0.5) is 0 Å². The standard InChI is InChI=1S/C13H31N5/c1-12-13(2)18-11-9-16-7-6-14-4-3-5-15-8-10-17-12/h12-18H,3-11H2,1-2H3. The maximum absolute atomic E-state index is 3.55. The zero-order chi connectivity index (χ0) is 13.1. The van der Waals surface area contributed by atoms with E-state index in [1.165, 1.54) is 6.42 Å². The first-order valence-electron chi connectivity index (χ1n) is 7.39. The van der Waals surface area contributed by atoms with Crippen LogP contribution in [-0.2, 0) is 0 Å². The van der Waals surface area contributed by atoms with Crippen LogP contribution >= 0.6 is 0 Å². The van der Waals surface area contributed by atoms with Crippen LogP contribution in [0.5, 0.6) is 0 Å². The van der Waals surface area contributed by atoms with E-state index >= 15 is 0 Å². The van der Waals surface area contributed by atoms with Gasteiger partial charge < -0.3 is 26.6 Å². The van der Waals surface area contributed by atoms with E-state index in [-0.39, 0.29) is 0 Å². The zero-order valence-electron chi connectivity index (χ0n) is 12.0. The Morgan fingerprint density at radius 1 is 0.556 bits per heavy atom. The van der Waals surface area contributed by atoms with Crippen molar-refractivity contribution >= 4 is 0 Å². The summed E-state index contributed by atoms with van der Waals surface area (Å²) in [6.45, 7) is 13.0. The number of rotatable bonds is 0. The molecular formula is C13H31N5. The van der Waals surface area contributed by atoms with Crippen LogP contribution in [0, 0.1) is 0 Å². The highest BCUT2D eigenvalue weighted by Crippen LogP contribution is 1.90. The molecule has 0 aromatic rings. The Hall–Kier alpha value is -0.200. The van der Waals surface area contributed by atoms with Gasteiger partial charge in [0.05, 0.1) is 0 Å². The van der Waals surface area contributed by atoms with E-state index in [1.807, 2.05) is 0 Å². The number of hydrogen-bond donors (Lipinski definition) is 5. The average Bonchev–Trinajstić information content (AvgIpc) is 2.37. The monoisotopic (exact) mass is 257 g/mol. The van der Waals surface area contributed by atoms with E-state index in [9.17, 15) is 0 Å². The van der Waals surface area contributed by atoms with Gasteiger partial charge >= 0.3 is 0 Å². The molecule has 1 saturated heterocycles. The van der Waals surface area contributed by atoms with Crippen LogP contribution in [0.2, 0.25) is 0 Å². The lowest BCUT2D eigenvalue weighted by Crippen LogP contribution is -2.48. The first kappa shape index (κ1) is 15.9. The Kier molecular flexibility index (Phi) is 9.42. The molecule has 1 fully saturated rings. The van der Waals surface area contributed by atoms with E-state index in [0.29, 0.717) is 12.1 Å². The highest BCUT2D eigenvalue weighted by atomic mass is 15.0. The molecule has 5 heteroatoms. The molecule has 0 aliphatic carbocycles. The predicted molar refractivity (Wildman–Crippen MR) is 78.2 cm³/mol. The summed E-state index contributed by atoms with van der Waals surface area (Å²) in [6, 6.07) is 1.03. The third-order valence-corrected chi connectivity index (χ3v) is 3.47. The van der Waals surface area contributed by atoms with Crippen LogP contribution in [-0.4, -0.2) is 64.4 Å². The number of nitrogens with one attached hydrogen (secondary N) is 5. The fourth-order valence-corrected chi connectivity index (χ4v) is 2.02. The van der Waals surface area contributed by atoms with Crippen molar-refractivity contribution in [3.05, 3.63) is 0 Å². The second-order valence-electron chi connectivity index (χ2n) is 5.09. The Balaban J connectivity index is 2.19. The molecule has 2 unspecified atom stereocenters. The van der Waals surface area contributed by atoms with Crippen LogP contribution in [0.3, 0.4) is 0 Å². The third kappa shape index (κ3) is 8.00. The lowest BCUT2D eigenvalue weighted by Gasteiger charge is -2.23. The first-order valence-corrected chi connectivity index (χ1v) is 7.39. The van der Waals surface area contributed by atoms with Gasteiger partial charge in [0.2, 0.25) is 0 Å². The van der Waals surface area contributed by atoms with Crippen LogP contribution in [0.1, 0.15) is 20.3 Å². The van der Waals surface area contributed by atoms with Gasteiger partial charge in [0.25, 0.3) is 0 Å². The van der Waals surface area contributed by atoms with E-state index < -0.39 is 0 Å². The van der Waals surface area contributed by atoms with Gasteiger partial charge in [0, 0.05) is 51.4 Å². The van der Waals surface area contributed by atoms with Crippen molar-refractivity contribution in [2.45, 2.75) is 32.4 Å². The smallest absolute Gasteiger partial charge is 0.0190 e. The molecule has 0 spiro atoms. The lowest BCUT2D eigenvalue weighted by molar-refractivity contribution is 0.403. The SMILES string of the molecule is CC1NCCNCCCNCCNCCNC1C. The van der Waals surface area contributed by atoms with Gasteiger partial charge in [-0.2, -0.15) is 0 Å². The maximum atomic E-state index is 3.55. The zero-order valence-corrected chi connectivity index (χ0v) is 12.0. The van der Waals surface area contributed by atoms with E-state index in [0.717, 1.165) is 52.4 Å². The molecule has 0 aromatic carbocycles. The Morgan fingerprint density at radius 3 is 1.44 bits per heavy atom. The molecule has 1 heterocycles. The summed E-state index contributed by atoms with van der Waals surface area (Å²) in [5, 5.41) is 17.5. The summed E-state index contributed by atoms with van der Waals surface area (Å²) in [6.07, 6.45) is 1.20. The fourth-order valence-electron chi connectivity index (χ4n) is 2.02. The third-order valence-electron chi connectivity index (χ3n) is 3.47. The van der Waals surface area contributed by atoms with Crippen molar-refractivity contribution in [2.24, 2.45) is 0 Å². The van der Waals surface area contributed by atoms with Crippen LogP contribution < -0.4 is 26.6 Å². The van der Waals surface area contributed by atoms with Gasteiger partial charge in [-0.1, -0.05) is 0 Å². The Bertz CT molecular complexity index is 168. The van der Waals surface area contributed by atoms with Crippen molar-refractivity contribution in [1.29, 1.82) is 0 Å². The van der Waals surface area contributed by atoms with Crippen LogP contribution in [0.25, 0.3) is 0 Å². The minimum Gasteiger partial charge on any atom is -0.315 e. The second kappa shape index (κ2) is 10.7. The van der Waals surface area contributed by atoms with Gasteiger partial charge in [-0.3, -0.25) is 0 Å². The molecule has 1 aliphatic heterocycles. The predicted octanol–water partition coefficient (Wildman–Crippen LogP) is -0.885. The maximum Gasteiger partial charge on any atom is 0.0190 e. The summed E-state index contributed by atoms with van der Waals surface area (Å²) in [7, 11) is 0. The van der Waals surface area contributed by atoms with Crippen molar-refractivity contribution in [2.75, 3.05) is 52.4 Å². The van der Waals surface area contributed by atoms with Crippen molar-refractivity contribution < 1.29 is 0 Å². The van der Waals surface area contributed by atoms with Gasteiger partial charge in [0.15, 0.2) is 0 Å². The molecule has 18 heavy (non-hydrogen) atoms. The summed E-state index contributed by atoms with van der Waals surface area (Å²) in [4.78, 5) is 0. The Morgan fingerprint density at radius 2 is 0.944 bits per heavy atom. The molecule has 1 rings (SSSR count). The van der Waals surface area contributed by atoms with E-state index in [1.54, 1.807) is 0 Å². The lowest BCUT2D eigenvalue weighted by atomic mass is 10.1. The highest BCUT2D eigenvalue weighted by Gasteiger charge is 2.09. The van der Waals surface area contributed by atoms with Crippen molar-refractivity contribution in [3.63, 3.8) is 0 Å². The molecule has 0 aromatic heterocycles. The van der Waals surface area contributed by atoms with Crippen molar-refractivity contribution in [1.82, 2.24) is 26.6 Å². The Labute approximate surface area is 112 Å². The number of hydrogen-bond acceptors (Lipinski definition) is 5. The van der Waals surface area contributed by atoms with E-state index in [2.05, 4.69) is 40.4 Å². The summed E-state index contributed by atoms with van der Waals surface area (Å²) >= 11 is 0. The molecule has 5 nitrogen and oxygen atoms in total. The molecule has 2 atom stereocenters. The minimum absolute atomic E-state index is 0.512. The summed E-state index contributed by atoms with van der Waals surface area (Å²) in [5.41, 5.74) is 0. The average molecular weight is 257 g/mol. The second-order valence-corrected chi connectivity index (χ2v) is 5.09. The normalized spacial score (nSPS) is 31.0. The van der Waals surface area contributed by atoms with Crippen LogP contribution in [0.15, 0.2) is 0 Å². The fraction of sp³-hybridized carbons (Fsp3) is 1.00. The van der Waals surface area contributed by atoms with E-state index in [4.69, 9.17) is 0 Å². The molecule has 0 radical (unpaired) electrons. The molecule has 1 aliphatic rings. The van der Waals surface area contributed by atoms with Gasteiger partial charge in [-0.05, 0) is 33.4 Å². The molecule has 5 N–H and O–H groups in total. The first-order chi connectivity index (χ1) is 8.80. The highest BCUT2D eigenvalue weighted by molar-refractivity contribution is 4.75. The van der Waals surface area contributed by atoms with Gasteiger partial charge in [0.1, 0.15) is 0 Å². The topological polar surface area (TPSA) is 60.1 Å². The van der Waals surface area contributed by atoms with Crippen molar-refractivity contribution in [3.8, 4) is 0 Å². The van der Waals surface area contributed by atoms with Gasteiger partial charge in [-0.15, -0.1) is 0 Å². The largest absolute Gasteiger partial charge is 0.315 e. The summed E-state index contributed by atoms with van der Waals surface area (Å²) < 4.78 is 0. The molecular weight excluding hydrogens is 226 g/mol. The molecule has 0 saturated carbocycles. The quantitative estimate of drug-likeness (QED) is 0.390.